The van der Waals surface area contributed by atoms with Crippen LogP contribution in [0.2, 0.25) is 0 Å². The molecule has 0 bridgehead atoms. The molecule has 12 N–H and O–H groups in total. The van der Waals surface area contributed by atoms with Gasteiger partial charge in [0.2, 0.25) is 5.91 Å². The summed E-state index contributed by atoms with van der Waals surface area (Å²) in [7, 11) is 0. The molecule has 17 unspecified atom stereocenters. The summed E-state index contributed by atoms with van der Waals surface area (Å²) in [4.78, 5) is 13.5. The van der Waals surface area contributed by atoms with Crippen LogP contribution in [0.3, 0.4) is 0 Å². The molecule has 104 heavy (non-hydrogen) atoms. The van der Waals surface area contributed by atoms with E-state index in [4.69, 9.17) is 28.4 Å². The molecule has 3 aliphatic heterocycles. The Hall–Kier alpha value is -1.99. The second kappa shape index (κ2) is 65.7. The summed E-state index contributed by atoms with van der Waals surface area (Å²) in [5.74, 6) is -0.282. The largest absolute Gasteiger partial charge is 0.394 e. The number of amides is 1. The van der Waals surface area contributed by atoms with Crippen molar-refractivity contribution < 1.29 is 89.4 Å². The third-order valence-electron chi connectivity index (χ3n) is 21.7. The number of aliphatic hydroxyl groups excluding tert-OH is 11. The Morgan fingerprint density at radius 1 is 0.337 bits per heavy atom. The van der Waals surface area contributed by atoms with Gasteiger partial charge in [-0.3, -0.25) is 4.79 Å². The van der Waals surface area contributed by atoms with Crippen LogP contribution in [0.25, 0.3) is 0 Å². The number of aliphatic hydroxyl groups is 11. The third kappa shape index (κ3) is 44.8. The first kappa shape index (κ1) is 96.2. The zero-order valence-corrected chi connectivity index (χ0v) is 65.8. The molecular weight excluding hydrogens is 1320 g/mol. The van der Waals surface area contributed by atoms with Crippen molar-refractivity contribution in [2.45, 2.75) is 471 Å². The van der Waals surface area contributed by atoms with Gasteiger partial charge >= 0.3 is 0 Å². The van der Waals surface area contributed by atoms with Gasteiger partial charge in [0.1, 0.15) is 73.2 Å². The minimum atomic E-state index is -1.98. The summed E-state index contributed by atoms with van der Waals surface area (Å²) in [6, 6.07) is -0.997. The van der Waals surface area contributed by atoms with E-state index in [0.29, 0.717) is 12.8 Å². The molecule has 612 valence electrons. The van der Waals surface area contributed by atoms with Crippen LogP contribution in [0.4, 0.5) is 0 Å². The predicted octanol–water partition coefficient (Wildman–Crippen LogP) is 15.5. The van der Waals surface area contributed by atoms with Gasteiger partial charge in [-0.2, -0.15) is 0 Å². The van der Waals surface area contributed by atoms with E-state index in [1.165, 1.54) is 289 Å². The van der Waals surface area contributed by atoms with Gasteiger partial charge in [-0.25, -0.2) is 0 Å². The Morgan fingerprint density at radius 2 is 0.615 bits per heavy atom. The maximum atomic E-state index is 13.5. The number of nitrogens with one attached hydrogen (secondary N) is 1. The molecule has 19 heteroatoms. The lowest BCUT2D eigenvalue weighted by molar-refractivity contribution is -0.379. The van der Waals surface area contributed by atoms with Gasteiger partial charge in [0, 0.05) is 6.42 Å². The highest BCUT2D eigenvalue weighted by molar-refractivity contribution is 5.76. The maximum absolute atomic E-state index is 13.5. The molecule has 0 saturated carbocycles. The van der Waals surface area contributed by atoms with E-state index in [0.717, 1.165) is 44.9 Å². The first-order valence-electron chi connectivity index (χ1n) is 43.2. The molecule has 0 aliphatic carbocycles. The van der Waals surface area contributed by atoms with Crippen LogP contribution in [0.1, 0.15) is 367 Å². The SMILES string of the molecule is CCCCCCCCCCCCCCCCCCCCCCCC/C=C/CC/C=C/CC/C=C/C(O)C(COC1OC(CO)C(OC2OC(CO)C(OC3OC(CO)C(O)C(O)C3O)C(O)C2O)C(O)C1O)NC(=O)CCCCCCCCCCCCCCCCCCCCCCCCCCCCC. The summed E-state index contributed by atoms with van der Waals surface area (Å²) < 4.78 is 34.5. The number of unbranched alkanes of at least 4 members (excludes halogenated alkanes) is 50. The van der Waals surface area contributed by atoms with E-state index >= 15 is 0 Å². The van der Waals surface area contributed by atoms with Crippen LogP contribution in [0.15, 0.2) is 36.5 Å². The lowest BCUT2D eigenvalue weighted by Crippen LogP contribution is -2.66. The third-order valence-corrected chi connectivity index (χ3v) is 21.7. The van der Waals surface area contributed by atoms with Crippen molar-refractivity contribution in [3.05, 3.63) is 36.5 Å². The summed E-state index contributed by atoms with van der Waals surface area (Å²) in [6.07, 6.45) is 55.9. The van der Waals surface area contributed by atoms with Crippen molar-refractivity contribution in [3.8, 4) is 0 Å². The zero-order valence-electron chi connectivity index (χ0n) is 65.8. The topological polar surface area (TPSA) is 307 Å². The van der Waals surface area contributed by atoms with Gasteiger partial charge in [-0.1, -0.05) is 352 Å². The van der Waals surface area contributed by atoms with Gasteiger partial charge in [0.25, 0.3) is 0 Å². The highest BCUT2D eigenvalue weighted by Crippen LogP contribution is 2.33. The van der Waals surface area contributed by atoms with Gasteiger partial charge < -0.3 is 89.9 Å². The molecule has 0 aromatic carbocycles. The van der Waals surface area contributed by atoms with Crippen LogP contribution in [0, 0.1) is 0 Å². The van der Waals surface area contributed by atoms with Crippen molar-refractivity contribution in [2.24, 2.45) is 0 Å². The minimum absolute atomic E-state index is 0.237. The van der Waals surface area contributed by atoms with Crippen LogP contribution < -0.4 is 5.32 Å². The fraction of sp³-hybridized carbons (Fsp3) is 0.918. The van der Waals surface area contributed by atoms with Gasteiger partial charge in [-0.05, 0) is 44.9 Å². The standard InChI is InChI=1S/C85H159NO18/c1-3-5-7-9-11-13-15-17-19-21-23-25-27-29-31-32-33-34-35-37-38-40-42-44-46-48-50-52-54-56-58-60-62-69(90)68(86-73(91)63-61-59-57-55-53-51-49-47-45-43-41-39-36-30-28-26-24-22-20-18-16-14-12-10-8-6-4-2)67-99-83-79(97)76(94)81(71(65-88)101-83)104-85-80(98)77(95)82(72(66-89)102-85)103-84-78(96)75(93)74(92)70(64-87)100-84/h44,46,52,54,60,62,68-72,74-85,87-90,92-98H,3-43,45,47-51,53,55-59,61,63-67H2,1-2H3,(H,86,91)/b46-44+,54-52+,62-60+. The molecule has 1 amide bonds. The Labute approximate surface area is 631 Å². The van der Waals surface area contributed by atoms with Crippen molar-refractivity contribution in [1.82, 2.24) is 5.32 Å². The molecule has 3 heterocycles. The molecule has 0 spiro atoms. The maximum Gasteiger partial charge on any atom is 0.220 e. The molecule has 17 atom stereocenters. The van der Waals surface area contributed by atoms with Crippen LogP contribution in [0.5, 0.6) is 0 Å². The van der Waals surface area contributed by atoms with Crippen molar-refractivity contribution >= 4 is 5.91 Å². The number of allylic oxidation sites excluding steroid dienone is 5. The zero-order chi connectivity index (χ0) is 75.3. The van der Waals surface area contributed by atoms with Gasteiger partial charge in [-0.15, -0.1) is 0 Å². The summed E-state index contributed by atoms with van der Waals surface area (Å²) in [5, 5.41) is 121. The Balaban J connectivity index is 1.37. The second-order valence-electron chi connectivity index (χ2n) is 31.0. The van der Waals surface area contributed by atoms with E-state index in [9.17, 15) is 61.0 Å². The van der Waals surface area contributed by atoms with Gasteiger partial charge in [0.15, 0.2) is 18.9 Å². The first-order chi connectivity index (χ1) is 50.8. The monoisotopic (exact) mass is 1480 g/mol. The normalized spacial score (nSPS) is 26.0. The minimum Gasteiger partial charge on any atom is -0.394 e. The lowest BCUT2D eigenvalue weighted by atomic mass is 9.96. The molecule has 0 aromatic heterocycles. The number of rotatable bonds is 70. The van der Waals surface area contributed by atoms with Crippen molar-refractivity contribution in [2.75, 3.05) is 26.4 Å². The van der Waals surface area contributed by atoms with E-state index in [1.54, 1.807) is 6.08 Å². The second-order valence-corrected chi connectivity index (χ2v) is 31.0. The molecular formula is C85H159NO18. The Bertz CT molecular complexity index is 2020. The van der Waals surface area contributed by atoms with Crippen molar-refractivity contribution in [1.29, 1.82) is 0 Å². The summed E-state index contributed by atoms with van der Waals surface area (Å²) >= 11 is 0. The molecule has 19 nitrogen and oxygen atoms in total. The summed E-state index contributed by atoms with van der Waals surface area (Å²) in [6.45, 7) is 1.78. The molecule has 3 fully saturated rings. The summed E-state index contributed by atoms with van der Waals surface area (Å²) in [5.41, 5.74) is 0. The smallest absolute Gasteiger partial charge is 0.220 e. The number of hydrogen-bond donors (Lipinski definition) is 12. The number of carbonyl (C=O) groups excluding carboxylic acids is 1. The van der Waals surface area contributed by atoms with Crippen LogP contribution >= 0.6 is 0 Å². The fourth-order valence-corrected chi connectivity index (χ4v) is 14.8. The van der Waals surface area contributed by atoms with Crippen molar-refractivity contribution in [3.63, 3.8) is 0 Å². The highest BCUT2D eigenvalue weighted by atomic mass is 16.8. The first-order valence-corrected chi connectivity index (χ1v) is 43.2. The molecule has 3 saturated heterocycles. The van der Waals surface area contributed by atoms with E-state index in [-0.39, 0.29) is 18.9 Å². The molecule has 0 aromatic rings. The van der Waals surface area contributed by atoms with E-state index in [1.807, 2.05) is 6.08 Å². The average Bonchev–Trinajstić information content (AvgIpc) is 0.777. The average molecular weight is 1480 g/mol. The van der Waals surface area contributed by atoms with Crippen LogP contribution in [-0.2, 0) is 33.2 Å². The van der Waals surface area contributed by atoms with Gasteiger partial charge in [0.05, 0.1) is 38.6 Å². The number of ether oxygens (including phenoxy) is 6. The highest BCUT2D eigenvalue weighted by Gasteiger charge is 2.54. The van der Waals surface area contributed by atoms with E-state index < -0.39 is 124 Å². The Kier molecular flexibility index (Phi) is 60.8. The molecule has 0 radical (unpaired) electrons. The Morgan fingerprint density at radius 3 is 0.962 bits per heavy atom. The van der Waals surface area contributed by atoms with E-state index in [2.05, 4.69) is 43.5 Å². The predicted molar refractivity (Wildman–Crippen MR) is 416 cm³/mol. The molecule has 3 aliphatic rings. The number of hydrogen-bond acceptors (Lipinski definition) is 18. The fourth-order valence-electron chi connectivity index (χ4n) is 14.8. The lowest BCUT2D eigenvalue weighted by Gasteiger charge is -2.48. The van der Waals surface area contributed by atoms with Crippen LogP contribution in [-0.4, -0.2) is 193 Å². The molecule has 3 rings (SSSR count). The quantitative estimate of drug-likeness (QED) is 0.0199. The number of carbonyl (C=O) groups is 1.